The van der Waals surface area contributed by atoms with Crippen LogP contribution in [0.15, 0.2) is 11.6 Å². The van der Waals surface area contributed by atoms with Gasteiger partial charge in [0.1, 0.15) is 0 Å². The number of nitrogens with one attached hydrogen (secondary N) is 1. The van der Waals surface area contributed by atoms with E-state index in [4.69, 9.17) is 0 Å². The quantitative estimate of drug-likeness (QED) is 0.605. The Kier molecular flexibility index (Phi) is 3.29. The summed E-state index contributed by atoms with van der Waals surface area (Å²) < 4.78 is 0. The third-order valence-corrected chi connectivity index (χ3v) is 2.12. The molecule has 0 aliphatic carbocycles. The summed E-state index contributed by atoms with van der Waals surface area (Å²) in [5.41, 5.74) is 1.39. The number of carbonyl (C=O) groups excluding carboxylic acids is 1. The van der Waals surface area contributed by atoms with Gasteiger partial charge < -0.3 is 10.2 Å². The van der Waals surface area contributed by atoms with Gasteiger partial charge in [-0.1, -0.05) is 11.6 Å². The molecule has 0 aromatic rings. The minimum atomic E-state index is 0.196. The second kappa shape index (κ2) is 4.26. The van der Waals surface area contributed by atoms with Crippen molar-refractivity contribution < 1.29 is 4.79 Å². The van der Waals surface area contributed by atoms with Gasteiger partial charge in [-0.2, -0.15) is 0 Å². The highest BCUT2D eigenvalue weighted by Crippen LogP contribution is 2.08. The van der Waals surface area contributed by atoms with Crippen molar-refractivity contribution in [2.24, 2.45) is 0 Å². The van der Waals surface area contributed by atoms with Crippen molar-refractivity contribution in [3.8, 4) is 0 Å². The van der Waals surface area contributed by atoms with Crippen LogP contribution < -0.4 is 5.32 Å². The van der Waals surface area contributed by atoms with Gasteiger partial charge in [0.25, 0.3) is 0 Å². The van der Waals surface area contributed by atoms with Crippen molar-refractivity contribution in [3.05, 3.63) is 11.6 Å². The average molecular weight is 168 g/mol. The van der Waals surface area contributed by atoms with Crippen LogP contribution in [0.25, 0.3) is 0 Å². The van der Waals surface area contributed by atoms with Crippen molar-refractivity contribution in [2.75, 3.05) is 26.7 Å². The lowest BCUT2D eigenvalue weighted by Gasteiger charge is -2.25. The van der Waals surface area contributed by atoms with Gasteiger partial charge in [0.15, 0.2) is 0 Å². The predicted octanol–water partition coefficient (Wildman–Crippen LogP) is 0.384. The molecule has 1 aliphatic heterocycles. The Hall–Kier alpha value is -0.830. The molecular formula is C9H16N2O. The topological polar surface area (TPSA) is 32.3 Å². The van der Waals surface area contributed by atoms with E-state index >= 15 is 0 Å². The van der Waals surface area contributed by atoms with Gasteiger partial charge in [-0.25, -0.2) is 0 Å². The highest BCUT2D eigenvalue weighted by molar-refractivity contribution is 5.78. The molecule has 0 fully saturated rings. The number of rotatable bonds is 2. The van der Waals surface area contributed by atoms with Gasteiger partial charge in [-0.15, -0.1) is 0 Å². The van der Waals surface area contributed by atoms with Crippen LogP contribution in [0.3, 0.4) is 0 Å². The predicted molar refractivity (Wildman–Crippen MR) is 48.9 cm³/mol. The highest BCUT2D eigenvalue weighted by atomic mass is 16.2. The van der Waals surface area contributed by atoms with Gasteiger partial charge in [-0.05, 0) is 20.4 Å². The van der Waals surface area contributed by atoms with E-state index in [0.29, 0.717) is 6.54 Å². The molecule has 0 unspecified atom stereocenters. The zero-order chi connectivity index (χ0) is 8.97. The minimum absolute atomic E-state index is 0.196. The standard InChI is InChI=1S/C9H16N2O/c1-8-3-5-11(6-4-8)9(12)7-10-2/h3,10H,4-7H2,1-2H3. The van der Waals surface area contributed by atoms with Crippen molar-refractivity contribution in [1.29, 1.82) is 0 Å². The van der Waals surface area contributed by atoms with Crippen molar-refractivity contribution >= 4 is 5.91 Å². The number of nitrogens with zero attached hydrogens (tertiary/aromatic N) is 1. The van der Waals surface area contributed by atoms with Crippen LogP contribution in [0.5, 0.6) is 0 Å². The fraction of sp³-hybridized carbons (Fsp3) is 0.667. The van der Waals surface area contributed by atoms with E-state index < -0.39 is 0 Å². The maximum Gasteiger partial charge on any atom is 0.236 e. The molecule has 1 N–H and O–H groups in total. The molecule has 0 aromatic carbocycles. The van der Waals surface area contributed by atoms with Crippen molar-refractivity contribution in [2.45, 2.75) is 13.3 Å². The molecule has 0 saturated carbocycles. The second-order valence-electron chi connectivity index (χ2n) is 3.17. The number of likely N-dealkylation sites (N-methyl/N-ethyl adjacent to an activating group) is 1. The zero-order valence-corrected chi connectivity index (χ0v) is 7.76. The Labute approximate surface area is 73.4 Å². The summed E-state index contributed by atoms with van der Waals surface area (Å²) in [6, 6.07) is 0. The normalized spacial score (nSPS) is 17.5. The smallest absolute Gasteiger partial charge is 0.236 e. The molecule has 1 amide bonds. The average Bonchev–Trinajstić information content (AvgIpc) is 2.06. The maximum atomic E-state index is 11.3. The molecule has 3 nitrogen and oxygen atoms in total. The highest BCUT2D eigenvalue weighted by Gasteiger charge is 2.13. The summed E-state index contributed by atoms with van der Waals surface area (Å²) in [6.07, 6.45) is 3.15. The van der Waals surface area contributed by atoms with Crippen molar-refractivity contribution in [3.63, 3.8) is 0 Å². The number of hydrogen-bond acceptors (Lipinski definition) is 2. The molecule has 68 valence electrons. The third-order valence-electron chi connectivity index (χ3n) is 2.12. The molecule has 0 aromatic heterocycles. The molecule has 12 heavy (non-hydrogen) atoms. The summed E-state index contributed by atoms with van der Waals surface area (Å²) >= 11 is 0. The van der Waals surface area contributed by atoms with Gasteiger partial charge in [0, 0.05) is 13.1 Å². The van der Waals surface area contributed by atoms with Gasteiger partial charge in [-0.3, -0.25) is 4.79 Å². The van der Waals surface area contributed by atoms with Crippen molar-refractivity contribution in [1.82, 2.24) is 10.2 Å². The summed E-state index contributed by atoms with van der Waals surface area (Å²) in [5.74, 6) is 0.196. The monoisotopic (exact) mass is 168 g/mol. The molecular weight excluding hydrogens is 152 g/mol. The Balaban J connectivity index is 2.40. The first-order valence-corrected chi connectivity index (χ1v) is 4.32. The Morgan fingerprint density at radius 1 is 1.75 bits per heavy atom. The Morgan fingerprint density at radius 2 is 2.50 bits per heavy atom. The van der Waals surface area contributed by atoms with Crippen LogP contribution in [0.2, 0.25) is 0 Å². The molecule has 1 heterocycles. The molecule has 0 saturated heterocycles. The number of carbonyl (C=O) groups is 1. The van der Waals surface area contributed by atoms with E-state index in [1.54, 1.807) is 7.05 Å². The van der Waals surface area contributed by atoms with Crippen LogP contribution in [-0.4, -0.2) is 37.5 Å². The first kappa shape index (κ1) is 9.26. The van der Waals surface area contributed by atoms with E-state index in [1.165, 1.54) is 5.57 Å². The summed E-state index contributed by atoms with van der Waals surface area (Å²) in [7, 11) is 1.79. The molecule has 0 bridgehead atoms. The molecule has 1 rings (SSSR count). The van der Waals surface area contributed by atoms with E-state index in [2.05, 4.69) is 18.3 Å². The SMILES string of the molecule is CNCC(=O)N1CC=C(C)CC1. The van der Waals surface area contributed by atoms with E-state index in [1.807, 2.05) is 4.90 Å². The van der Waals surface area contributed by atoms with Crippen LogP contribution in [0, 0.1) is 0 Å². The fourth-order valence-corrected chi connectivity index (χ4v) is 1.26. The van der Waals surface area contributed by atoms with Gasteiger partial charge >= 0.3 is 0 Å². The van der Waals surface area contributed by atoms with Crippen LogP contribution in [-0.2, 0) is 4.79 Å². The zero-order valence-electron chi connectivity index (χ0n) is 7.76. The lowest BCUT2D eigenvalue weighted by molar-refractivity contribution is -0.129. The van der Waals surface area contributed by atoms with Crippen LogP contribution in [0.1, 0.15) is 13.3 Å². The summed E-state index contributed by atoms with van der Waals surface area (Å²) in [6.45, 7) is 4.22. The molecule has 1 aliphatic rings. The van der Waals surface area contributed by atoms with E-state index in [0.717, 1.165) is 19.5 Å². The fourth-order valence-electron chi connectivity index (χ4n) is 1.26. The van der Waals surface area contributed by atoms with Crippen LogP contribution >= 0.6 is 0 Å². The first-order chi connectivity index (χ1) is 5.74. The molecule has 3 heteroatoms. The molecule has 0 spiro atoms. The number of hydrogen-bond donors (Lipinski definition) is 1. The molecule has 0 atom stereocenters. The first-order valence-electron chi connectivity index (χ1n) is 4.32. The van der Waals surface area contributed by atoms with Crippen LogP contribution in [0.4, 0.5) is 0 Å². The third kappa shape index (κ3) is 2.34. The molecule has 0 radical (unpaired) electrons. The summed E-state index contributed by atoms with van der Waals surface area (Å²) in [5, 5.41) is 2.86. The summed E-state index contributed by atoms with van der Waals surface area (Å²) in [4.78, 5) is 13.2. The van der Waals surface area contributed by atoms with E-state index in [-0.39, 0.29) is 5.91 Å². The van der Waals surface area contributed by atoms with Gasteiger partial charge in [0.05, 0.1) is 6.54 Å². The number of amides is 1. The Morgan fingerprint density at radius 3 is 3.00 bits per heavy atom. The van der Waals surface area contributed by atoms with E-state index in [9.17, 15) is 4.79 Å². The lowest BCUT2D eigenvalue weighted by Crippen LogP contribution is -2.39. The second-order valence-corrected chi connectivity index (χ2v) is 3.17. The maximum absolute atomic E-state index is 11.3. The minimum Gasteiger partial charge on any atom is -0.338 e. The largest absolute Gasteiger partial charge is 0.338 e. The Bertz CT molecular complexity index is 199. The van der Waals surface area contributed by atoms with Gasteiger partial charge in [0.2, 0.25) is 5.91 Å². The lowest BCUT2D eigenvalue weighted by atomic mass is 10.1.